The lowest BCUT2D eigenvalue weighted by Crippen LogP contribution is -2.31. The number of halogens is 1. The van der Waals surface area contributed by atoms with E-state index in [0.717, 1.165) is 5.56 Å². The summed E-state index contributed by atoms with van der Waals surface area (Å²) in [4.78, 5) is 12.8. The molecule has 4 rings (SSSR count). The number of pyridine rings is 1. The molecule has 3 aromatic heterocycles. The minimum Gasteiger partial charge on any atom is -0.494 e. The molecule has 0 saturated heterocycles. The highest BCUT2D eigenvalue weighted by Gasteiger charge is 2.32. The van der Waals surface area contributed by atoms with E-state index in [9.17, 15) is 8.42 Å². The molecule has 0 bridgehead atoms. The summed E-state index contributed by atoms with van der Waals surface area (Å²) in [6.07, 6.45) is 6.56. The van der Waals surface area contributed by atoms with E-state index in [1.54, 1.807) is 67.5 Å². The van der Waals surface area contributed by atoms with E-state index in [-0.39, 0.29) is 5.95 Å². The molecule has 0 amide bonds. The summed E-state index contributed by atoms with van der Waals surface area (Å²) < 4.78 is 43.1. The SMILES string of the molecule is COc1cccc(OC)c1-n1c(NS(=O)(=O)C(C)C(C)c2ncc(C)cn2)nnc1-c1cncc(Br)c1. The molecule has 0 spiro atoms. The van der Waals surface area contributed by atoms with Crippen LogP contribution in [-0.4, -0.2) is 57.6 Å². The van der Waals surface area contributed by atoms with Crippen molar-refractivity contribution < 1.29 is 17.9 Å². The van der Waals surface area contributed by atoms with Gasteiger partial charge in [0.2, 0.25) is 16.0 Å². The number of sulfonamides is 1. The number of nitrogens with zero attached hydrogens (tertiary/aromatic N) is 6. The van der Waals surface area contributed by atoms with Gasteiger partial charge in [-0.3, -0.25) is 14.3 Å². The van der Waals surface area contributed by atoms with Gasteiger partial charge in [-0.25, -0.2) is 18.4 Å². The standard InChI is InChI=1S/C24H26BrN7O4S/c1-14-10-27-22(28-11-14)15(2)16(3)37(33,34)31-24-30-29-23(17-9-18(25)13-26-12-17)32(24)21-19(35-4)7-6-8-20(21)36-5/h6-13,15-16H,1-5H3,(H,30,31). The molecule has 2 unspecified atom stereocenters. The Kier molecular flexibility index (Phi) is 7.73. The van der Waals surface area contributed by atoms with Crippen LogP contribution in [0.2, 0.25) is 0 Å². The van der Waals surface area contributed by atoms with E-state index in [0.29, 0.717) is 38.9 Å². The van der Waals surface area contributed by atoms with Crippen LogP contribution in [0.5, 0.6) is 11.5 Å². The van der Waals surface area contributed by atoms with E-state index >= 15 is 0 Å². The smallest absolute Gasteiger partial charge is 0.243 e. The Morgan fingerprint density at radius 3 is 2.24 bits per heavy atom. The molecule has 0 aliphatic heterocycles. The van der Waals surface area contributed by atoms with Crippen molar-refractivity contribution in [2.75, 3.05) is 18.9 Å². The molecule has 2 atom stereocenters. The molecule has 4 aromatic rings. The molecule has 3 heterocycles. The fraction of sp³-hybridized carbons (Fsp3) is 0.292. The maximum Gasteiger partial charge on any atom is 0.243 e. The first kappa shape index (κ1) is 26.5. The number of methoxy groups -OCH3 is 2. The Morgan fingerprint density at radius 2 is 1.65 bits per heavy atom. The number of aryl methyl sites for hydroxylation is 1. The molecule has 0 fully saturated rings. The average Bonchev–Trinajstić information content (AvgIpc) is 3.29. The molecule has 37 heavy (non-hydrogen) atoms. The van der Waals surface area contributed by atoms with Gasteiger partial charge in [-0.2, -0.15) is 0 Å². The van der Waals surface area contributed by atoms with Crippen molar-refractivity contribution in [2.24, 2.45) is 0 Å². The third kappa shape index (κ3) is 5.42. The minimum absolute atomic E-state index is 0.0401. The summed E-state index contributed by atoms with van der Waals surface area (Å²) in [5.41, 5.74) is 1.90. The number of hydrogen-bond donors (Lipinski definition) is 1. The van der Waals surface area contributed by atoms with E-state index in [1.165, 1.54) is 14.2 Å². The second-order valence-corrected chi connectivity index (χ2v) is 11.3. The number of ether oxygens (including phenoxy) is 2. The summed E-state index contributed by atoms with van der Waals surface area (Å²) in [6, 6.07) is 7.03. The average molecular weight is 588 g/mol. The topological polar surface area (TPSA) is 134 Å². The fourth-order valence-electron chi connectivity index (χ4n) is 3.67. The zero-order valence-corrected chi connectivity index (χ0v) is 23.3. The molecule has 0 aliphatic carbocycles. The first-order valence-electron chi connectivity index (χ1n) is 11.2. The number of anilines is 1. The zero-order valence-electron chi connectivity index (χ0n) is 20.9. The molecule has 1 aromatic carbocycles. The van der Waals surface area contributed by atoms with Crippen LogP contribution in [0.4, 0.5) is 5.95 Å². The highest BCUT2D eigenvalue weighted by Crippen LogP contribution is 2.38. The van der Waals surface area contributed by atoms with Crippen molar-refractivity contribution in [3.63, 3.8) is 0 Å². The van der Waals surface area contributed by atoms with E-state index in [4.69, 9.17) is 9.47 Å². The highest BCUT2D eigenvalue weighted by molar-refractivity contribution is 9.10. The van der Waals surface area contributed by atoms with Crippen LogP contribution in [0.3, 0.4) is 0 Å². The van der Waals surface area contributed by atoms with Crippen molar-refractivity contribution in [3.05, 3.63) is 64.9 Å². The van der Waals surface area contributed by atoms with Crippen molar-refractivity contribution in [2.45, 2.75) is 31.9 Å². The maximum atomic E-state index is 13.5. The van der Waals surface area contributed by atoms with Gasteiger partial charge in [-0.05, 0) is 53.5 Å². The number of hydrogen-bond acceptors (Lipinski definition) is 9. The van der Waals surface area contributed by atoms with Gasteiger partial charge in [-0.15, -0.1) is 10.2 Å². The van der Waals surface area contributed by atoms with Gasteiger partial charge >= 0.3 is 0 Å². The van der Waals surface area contributed by atoms with Crippen LogP contribution >= 0.6 is 15.9 Å². The lowest BCUT2D eigenvalue weighted by molar-refractivity contribution is 0.391. The van der Waals surface area contributed by atoms with Crippen LogP contribution in [0.15, 0.2) is 53.5 Å². The Bertz CT molecular complexity index is 1490. The Hall–Kier alpha value is -3.58. The summed E-state index contributed by atoms with van der Waals surface area (Å²) in [5.74, 6) is 1.08. The van der Waals surface area contributed by atoms with Gasteiger partial charge in [0.1, 0.15) is 23.0 Å². The van der Waals surface area contributed by atoms with E-state index < -0.39 is 21.2 Å². The van der Waals surface area contributed by atoms with Crippen molar-refractivity contribution in [1.29, 1.82) is 0 Å². The Labute approximate surface area is 223 Å². The van der Waals surface area contributed by atoms with Gasteiger partial charge < -0.3 is 9.47 Å². The quantitative estimate of drug-likeness (QED) is 0.306. The first-order valence-corrected chi connectivity index (χ1v) is 13.6. The maximum absolute atomic E-state index is 13.5. The summed E-state index contributed by atoms with van der Waals surface area (Å²) in [5, 5.41) is 7.61. The van der Waals surface area contributed by atoms with E-state index in [1.807, 2.05) is 6.92 Å². The third-order valence-electron chi connectivity index (χ3n) is 5.89. The van der Waals surface area contributed by atoms with Crippen LogP contribution in [0, 0.1) is 6.92 Å². The monoisotopic (exact) mass is 587 g/mol. The number of benzene rings is 1. The number of para-hydroxylation sites is 1. The number of rotatable bonds is 9. The van der Waals surface area contributed by atoms with Crippen LogP contribution in [0.25, 0.3) is 17.1 Å². The van der Waals surface area contributed by atoms with Crippen LogP contribution in [0.1, 0.15) is 31.2 Å². The molecule has 194 valence electrons. The van der Waals surface area contributed by atoms with Crippen molar-refractivity contribution in [1.82, 2.24) is 29.7 Å². The predicted molar refractivity (Wildman–Crippen MR) is 143 cm³/mol. The fourth-order valence-corrected chi connectivity index (χ4v) is 5.27. The van der Waals surface area contributed by atoms with Gasteiger partial charge in [0.05, 0.1) is 19.5 Å². The van der Waals surface area contributed by atoms with Crippen LogP contribution in [-0.2, 0) is 10.0 Å². The molecular formula is C24H26BrN7O4S. The molecule has 13 heteroatoms. The zero-order chi connectivity index (χ0) is 26.7. The Balaban J connectivity index is 1.83. The highest BCUT2D eigenvalue weighted by atomic mass is 79.9. The Morgan fingerprint density at radius 1 is 1.00 bits per heavy atom. The van der Waals surface area contributed by atoms with Gasteiger partial charge in [0.15, 0.2) is 5.82 Å². The van der Waals surface area contributed by atoms with Crippen LogP contribution < -0.4 is 14.2 Å². The molecule has 11 nitrogen and oxygen atoms in total. The normalized spacial score (nSPS) is 13.1. The molecule has 1 N–H and O–H groups in total. The van der Waals surface area contributed by atoms with Crippen molar-refractivity contribution >= 4 is 31.9 Å². The second kappa shape index (κ2) is 10.8. The first-order chi connectivity index (χ1) is 17.7. The van der Waals surface area contributed by atoms with Gasteiger partial charge in [0.25, 0.3) is 0 Å². The molecule has 0 saturated carbocycles. The summed E-state index contributed by atoms with van der Waals surface area (Å²) >= 11 is 3.42. The molecular weight excluding hydrogens is 562 g/mol. The number of nitrogens with one attached hydrogen (secondary N) is 1. The van der Waals surface area contributed by atoms with E-state index in [2.05, 4.69) is 45.8 Å². The predicted octanol–water partition coefficient (Wildman–Crippen LogP) is 4.14. The molecule has 0 aliphatic rings. The lowest BCUT2D eigenvalue weighted by atomic mass is 10.1. The van der Waals surface area contributed by atoms with Gasteiger partial charge in [0, 0.05) is 40.7 Å². The number of aromatic nitrogens is 6. The minimum atomic E-state index is -3.98. The second-order valence-electron chi connectivity index (χ2n) is 8.35. The largest absolute Gasteiger partial charge is 0.494 e. The summed E-state index contributed by atoms with van der Waals surface area (Å²) in [6.45, 7) is 5.23. The lowest BCUT2D eigenvalue weighted by Gasteiger charge is -2.21. The van der Waals surface area contributed by atoms with Crippen molar-refractivity contribution in [3.8, 4) is 28.6 Å². The third-order valence-corrected chi connectivity index (χ3v) is 8.17. The van der Waals surface area contributed by atoms with Gasteiger partial charge in [-0.1, -0.05) is 13.0 Å². The summed E-state index contributed by atoms with van der Waals surface area (Å²) in [7, 11) is -0.953. The molecule has 0 radical (unpaired) electrons.